The van der Waals surface area contributed by atoms with E-state index in [0.717, 1.165) is 12.8 Å². The molecule has 0 amide bonds. The van der Waals surface area contributed by atoms with Crippen LogP contribution in [0.3, 0.4) is 0 Å². The van der Waals surface area contributed by atoms with Crippen LogP contribution in [0.5, 0.6) is 0 Å². The first-order valence-corrected chi connectivity index (χ1v) is 8.82. The Morgan fingerprint density at radius 2 is 1.71 bits per heavy atom. The van der Waals surface area contributed by atoms with Crippen LogP contribution in [0.2, 0.25) is 0 Å². The lowest BCUT2D eigenvalue weighted by atomic mass is 10.1. The summed E-state index contributed by atoms with van der Waals surface area (Å²) in [6.45, 7) is 3.51. The quantitative estimate of drug-likeness (QED) is 0.418. The van der Waals surface area contributed by atoms with E-state index in [4.69, 9.17) is 19.6 Å². The van der Waals surface area contributed by atoms with Crippen molar-refractivity contribution in [1.29, 1.82) is 0 Å². The van der Waals surface area contributed by atoms with Gasteiger partial charge in [0.25, 0.3) is 0 Å². The van der Waals surface area contributed by atoms with Gasteiger partial charge in [-0.25, -0.2) is 0 Å². The zero-order valence-corrected chi connectivity index (χ0v) is 11.7. The van der Waals surface area contributed by atoms with Gasteiger partial charge in [0, 0.05) is 0 Å². The molecule has 0 aromatic heterocycles. The van der Waals surface area contributed by atoms with Gasteiger partial charge in [-0.15, -0.1) is 0 Å². The Hall–Kier alpha value is 0.0400. The highest BCUT2D eigenvalue weighted by atomic mass is 31.2. The second-order valence-electron chi connectivity index (χ2n) is 4.08. The van der Waals surface area contributed by atoms with E-state index in [1.54, 1.807) is 19.1 Å². The Kier molecular flexibility index (Phi) is 6.85. The Balaban J connectivity index is 4.82. The highest BCUT2D eigenvalue weighted by molar-refractivity contribution is 7.56. The van der Waals surface area contributed by atoms with E-state index < -0.39 is 32.9 Å². The molecule has 0 heterocycles. The molecule has 0 rings (SSSR count). The molecule has 0 saturated carbocycles. The first-order chi connectivity index (χ1) is 7.58. The van der Waals surface area contributed by atoms with Crippen LogP contribution in [-0.2, 0) is 9.13 Å². The summed E-state index contributed by atoms with van der Waals surface area (Å²) >= 11 is 0. The molecule has 0 aliphatic heterocycles. The molecule has 6 nitrogen and oxygen atoms in total. The number of hydrogen-bond acceptors (Lipinski definition) is 2. The monoisotopic (exact) mass is 286 g/mol. The van der Waals surface area contributed by atoms with Gasteiger partial charge in [-0.1, -0.05) is 32.4 Å². The van der Waals surface area contributed by atoms with Gasteiger partial charge in [-0.2, -0.15) is 0 Å². The summed E-state index contributed by atoms with van der Waals surface area (Å²) in [5.41, 5.74) is -1.34. The van der Waals surface area contributed by atoms with E-state index in [0.29, 0.717) is 0 Å². The third-order valence-electron chi connectivity index (χ3n) is 2.36. The molecule has 0 radical (unpaired) electrons. The number of unbranched alkanes of at least 4 members (excludes halogenated alkanes) is 1. The Morgan fingerprint density at radius 1 is 1.18 bits per heavy atom. The molecule has 0 saturated heterocycles. The zero-order valence-electron chi connectivity index (χ0n) is 9.93. The summed E-state index contributed by atoms with van der Waals surface area (Å²) in [6.07, 6.45) is 4.25. The molecule has 0 spiro atoms. The minimum absolute atomic E-state index is 0.574. The van der Waals surface area contributed by atoms with Gasteiger partial charge in [0.2, 0.25) is 0 Å². The topological polar surface area (TPSA) is 115 Å². The minimum atomic E-state index is -4.52. The van der Waals surface area contributed by atoms with Crippen LogP contribution < -0.4 is 0 Å². The number of hydrogen-bond donors (Lipinski definition) is 4. The van der Waals surface area contributed by atoms with Crippen molar-refractivity contribution < 1.29 is 28.7 Å². The molecule has 102 valence electrons. The third kappa shape index (κ3) is 7.87. The highest BCUT2D eigenvalue weighted by Gasteiger charge is 2.37. The lowest BCUT2D eigenvalue weighted by molar-refractivity contribution is 0.336. The van der Waals surface area contributed by atoms with Crippen molar-refractivity contribution in [2.24, 2.45) is 5.92 Å². The van der Waals surface area contributed by atoms with E-state index in [2.05, 4.69) is 0 Å². The minimum Gasteiger partial charge on any atom is -0.324 e. The van der Waals surface area contributed by atoms with Crippen LogP contribution in [0, 0.1) is 5.92 Å². The molecule has 0 aromatic rings. The SMILES string of the molecule is CCC/C=C/C(C)C(CP(=O)(O)O)P(=O)(O)O. The van der Waals surface area contributed by atoms with E-state index in [1.807, 2.05) is 6.92 Å². The molecule has 0 aromatic carbocycles. The van der Waals surface area contributed by atoms with Crippen molar-refractivity contribution in [1.82, 2.24) is 0 Å². The van der Waals surface area contributed by atoms with Crippen molar-refractivity contribution in [2.45, 2.75) is 32.3 Å². The smallest absolute Gasteiger partial charge is 0.324 e. The maximum absolute atomic E-state index is 11.2. The zero-order chi connectivity index (χ0) is 13.7. The summed E-state index contributed by atoms with van der Waals surface area (Å²) in [6, 6.07) is 0. The largest absolute Gasteiger partial charge is 0.329 e. The van der Waals surface area contributed by atoms with Gasteiger partial charge in [0.15, 0.2) is 0 Å². The maximum Gasteiger partial charge on any atom is 0.329 e. The third-order valence-corrected chi connectivity index (χ3v) is 5.03. The van der Waals surface area contributed by atoms with Crippen LogP contribution in [0.1, 0.15) is 26.7 Å². The van der Waals surface area contributed by atoms with E-state index in [-0.39, 0.29) is 0 Å². The first kappa shape index (κ1) is 17.0. The molecule has 8 heteroatoms. The molecular formula is C9H20O6P2. The van der Waals surface area contributed by atoms with Crippen molar-refractivity contribution in [3.05, 3.63) is 12.2 Å². The molecular weight excluding hydrogens is 266 g/mol. The average Bonchev–Trinajstić information content (AvgIpc) is 2.11. The van der Waals surface area contributed by atoms with Gasteiger partial charge in [0.1, 0.15) is 0 Å². The first-order valence-electron chi connectivity index (χ1n) is 5.34. The number of allylic oxidation sites excluding steroid dienone is 2. The molecule has 0 aliphatic rings. The number of rotatable bonds is 7. The average molecular weight is 286 g/mol. The Morgan fingerprint density at radius 3 is 2.06 bits per heavy atom. The molecule has 17 heavy (non-hydrogen) atoms. The van der Waals surface area contributed by atoms with Crippen molar-refractivity contribution >= 4 is 15.2 Å². The van der Waals surface area contributed by atoms with Crippen molar-refractivity contribution in [3.8, 4) is 0 Å². The van der Waals surface area contributed by atoms with Crippen LogP contribution in [0.4, 0.5) is 0 Å². The molecule has 0 bridgehead atoms. The predicted molar refractivity (Wildman–Crippen MR) is 66.0 cm³/mol. The lowest BCUT2D eigenvalue weighted by Crippen LogP contribution is -2.21. The molecule has 4 N–H and O–H groups in total. The van der Waals surface area contributed by atoms with Crippen molar-refractivity contribution in [2.75, 3.05) is 6.16 Å². The Bertz CT molecular complexity index is 341. The van der Waals surface area contributed by atoms with Gasteiger partial charge >= 0.3 is 15.2 Å². The summed E-state index contributed by atoms with van der Waals surface area (Å²) in [5.74, 6) is -0.574. The summed E-state index contributed by atoms with van der Waals surface area (Å²) < 4.78 is 22.1. The summed E-state index contributed by atoms with van der Waals surface area (Å²) in [4.78, 5) is 35.8. The standard InChI is InChI=1S/C9H20O6P2/c1-3-4-5-6-8(2)9(17(13,14)15)7-16(10,11)12/h5-6,8-9H,3-4,7H2,1-2H3,(H2,10,11,12)(H2,13,14,15)/b6-5+. The van der Waals surface area contributed by atoms with E-state index >= 15 is 0 Å². The molecule has 2 unspecified atom stereocenters. The van der Waals surface area contributed by atoms with E-state index in [9.17, 15) is 9.13 Å². The Labute approximate surface area is 101 Å². The summed E-state index contributed by atoms with van der Waals surface area (Å²) in [7, 11) is -8.96. The second kappa shape index (κ2) is 6.83. The maximum atomic E-state index is 11.2. The fraction of sp³-hybridized carbons (Fsp3) is 0.778. The predicted octanol–water partition coefficient (Wildman–Crippen LogP) is 1.70. The normalized spacial score (nSPS) is 17.3. The molecule has 0 aliphatic carbocycles. The van der Waals surface area contributed by atoms with Crippen molar-refractivity contribution in [3.63, 3.8) is 0 Å². The van der Waals surface area contributed by atoms with Crippen LogP contribution in [0.15, 0.2) is 12.2 Å². The fourth-order valence-electron chi connectivity index (χ4n) is 1.43. The fourth-order valence-corrected chi connectivity index (χ4v) is 4.45. The van der Waals surface area contributed by atoms with Crippen LogP contribution in [-0.4, -0.2) is 31.4 Å². The van der Waals surface area contributed by atoms with Gasteiger partial charge in [0.05, 0.1) is 11.8 Å². The lowest BCUT2D eigenvalue weighted by Gasteiger charge is -2.22. The van der Waals surface area contributed by atoms with Crippen LogP contribution >= 0.6 is 15.2 Å². The van der Waals surface area contributed by atoms with Crippen LogP contribution in [0.25, 0.3) is 0 Å². The summed E-state index contributed by atoms with van der Waals surface area (Å²) in [5, 5.41) is 0. The molecule has 0 fully saturated rings. The van der Waals surface area contributed by atoms with Gasteiger partial charge in [-0.3, -0.25) is 9.13 Å². The highest BCUT2D eigenvalue weighted by Crippen LogP contribution is 2.51. The second-order valence-corrected chi connectivity index (χ2v) is 7.62. The van der Waals surface area contributed by atoms with Gasteiger partial charge < -0.3 is 19.6 Å². The van der Waals surface area contributed by atoms with E-state index in [1.165, 1.54) is 0 Å². The molecule has 2 atom stereocenters. The van der Waals surface area contributed by atoms with Gasteiger partial charge in [-0.05, 0) is 12.3 Å².